The van der Waals surface area contributed by atoms with Crippen molar-refractivity contribution >= 4 is 35.4 Å². The number of esters is 2. The quantitative estimate of drug-likeness (QED) is 0.176. The molecule has 0 unspecified atom stereocenters. The molecule has 4 atom stereocenters. The number of thioether (sulfide) groups is 1. The molecule has 1 N–H and O–H groups in total. The van der Waals surface area contributed by atoms with Gasteiger partial charge in [-0.15, -0.1) is 11.8 Å². The van der Waals surface area contributed by atoms with Crippen LogP contribution in [0.3, 0.4) is 0 Å². The first kappa shape index (κ1) is 32.4. The van der Waals surface area contributed by atoms with Gasteiger partial charge in [0.1, 0.15) is 17.8 Å². The van der Waals surface area contributed by atoms with E-state index in [-0.39, 0.29) is 18.0 Å². The van der Waals surface area contributed by atoms with Gasteiger partial charge < -0.3 is 14.8 Å². The van der Waals surface area contributed by atoms with E-state index in [9.17, 15) is 19.2 Å². The number of carbonyl (C=O) groups is 3. The second kappa shape index (κ2) is 14.5. The summed E-state index contributed by atoms with van der Waals surface area (Å²) in [6.45, 7) is 0.979. The molecule has 0 radical (unpaired) electrons. The lowest BCUT2D eigenvalue weighted by atomic mass is 10.0. The zero-order valence-corrected chi connectivity index (χ0v) is 26.5. The third-order valence-corrected chi connectivity index (χ3v) is 9.27. The molecule has 1 aromatic heterocycles. The maximum atomic E-state index is 16.2. The van der Waals surface area contributed by atoms with Crippen LogP contribution in [-0.4, -0.2) is 51.5 Å². The number of benzene rings is 4. The van der Waals surface area contributed by atoms with Gasteiger partial charge >= 0.3 is 17.6 Å². The summed E-state index contributed by atoms with van der Waals surface area (Å²) in [4.78, 5) is 54.4. The summed E-state index contributed by atoms with van der Waals surface area (Å²) in [7, 11) is 0. The monoisotopic (exact) mass is 663 g/mol. The minimum Gasteiger partial charge on any atom is -0.461 e. The molecule has 0 aliphatic carbocycles. The number of amides is 1. The fraction of sp³-hybridized carbons (Fsp3) is 0.162. The first-order chi connectivity index (χ1) is 23.3. The Kier molecular flexibility index (Phi) is 9.77. The number of anilines is 1. The van der Waals surface area contributed by atoms with Crippen LogP contribution >= 0.6 is 11.8 Å². The summed E-state index contributed by atoms with van der Waals surface area (Å²) in [5.41, 5.74) is 3.48. The number of hydrogen-bond acceptors (Lipinski definition) is 8. The van der Waals surface area contributed by atoms with Crippen molar-refractivity contribution in [1.29, 1.82) is 0 Å². The van der Waals surface area contributed by atoms with Crippen molar-refractivity contribution in [2.75, 3.05) is 11.9 Å². The maximum Gasteiger partial charge on any atom is 0.350 e. The van der Waals surface area contributed by atoms with E-state index in [1.54, 1.807) is 36.4 Å². The highest BCUT2D eigenvalue weighted by molar-refractivity contribution is 8.00. The van der Waals surface area contributed by atoms with Crippen LogP contribution in [-0.2, 0) is 14.3 Å². The number of alkyl halides is 1. The number of carbonyl (C=O) groups excluding carboxylic acids is 3. The van der Waals surface area contributed by atoms with Gasteiger partial charge in [-0.3, -0.25) is 9.36 Å². The molecule has 2 heterocycles. The number of rotatable bonds is 9. The van der Waals surface area contributed by atoms with E-state index in [0.717, 1.165) is 38.6 Å². The Labute approximate surface area is 279 Å². The van der Waals surface area contributed by atoms with E-state index in [2.05, 4.69) is 10.3 Å². The van der Waals surface area contributed by atoms with Gasteiger partial charge in [0.2, 0.25) is 5.91 Å². The Morgan fingerprint density at radius 1 is 0.771 bits per heavy atom. The van der Waals surface area contributed by atoms with Gasteiger partial charge in [0.25, 0.3) is 0 Å². The van der Waals surface area contributed by atoms with Crippen molar-refractivity contribution in [2.24, 2.45) is 0 Å². The molecule has 9 nitrogen and oxygen atoms in total. The number of aromatic nitrogens is 2. The van der Waals surface area contributed by atoms with Crippen LogP contribution in [0.2, 0.25) is 0 Å². The standard InChI is InChI=1S/C37H30FN3O6S/c1-23(42)39-31-20-21-41(37(45)40-31)34-32(38)33(47-36(44)29-18-14-27(15-19-29)25-10-6-3-7-11-25)30(48-34)22-46-35(43)28-16-12-26(13-17-28)24-8-4-2-5-9-24/h2-21,30,32-34H,22H2,1H3,(H,39,40,42,45)/t30-,32+,33-,34-/m1/s1. The molecule has 0 bridgehead atoms. The van der Waals surface area contributed by atoms with Gasteiger partial charge in [-0.2, -0.15) is 4.98 Å². The Bertz CT molecular complexity index is 1970. The third kappa shape index (κ3) is 7.37. The zero-order chi connectivity index (χ0) is 33.6. The number of hydrogen-bond donors (Lipinski definition) is 1. The van der Waals surface area contributed by atoms with Crippen LogP contribution in [0.1, 0.15) is 33.0 Å². The molecule has 1 fully saturated rings. The fourth-order valence-electron chi connectivity index (χ4n) is 5.34. The van der Waals surface area contributed by atoms with Crippen molar-refractivity contribution in [1.82, 2.24) is 9.55 Å². The van der Waals surface area contributed by atoms with Crippen LogP contribution < -0.4 is 11.0 Å². The smallest absolute Gasteiger partial charge is 0.350 e. The van der Waals surface area contributed by atoms with Gasteiger partial charge in [-0.1, -0.05) is 84.9 Å². The van der Waals surface area contributed by atoms with E-state index < -0.39 is 46.4 Å². The minimum atomic E-state index is -1.86. The Morgan fingerprint density at radius 2 is 1.29 bits per heavy atom. The van der Waals surface area contributed by atoms with Crippen molar-refractivity contribution in [3.63, 3.8) is 0 Å². The summed E-state index contributed by atoms with van der Waals surface area (Å²) in [5, 5.41) is 0.417. The van der Waals surface area contributed by atoms with Gasteiger partial charge in [0.15, 0.2) is 12.3 Å². The van der Waals surface area contributed by atoms with Gasteiger partial charge in [0, 0.05) is 13.1 Å². The highest BCUT2D eigenvalue weighted by atomic mass is 32.2. The van der Waals surface area contributed by atoms with E-state index in [4.69, 9.17) is 9.47 Å². The molecular formula is C37H30FN3O6S. The summed E-state index contributed by atoms with van der Waals surface area (Å²) in [6.07, 6.45) is -1.91. The second-order valence-corrected chi connectivity index (χ2v) is 12.4. The normalized spacial score (nSPS) is 18.5. The summed E-state index contributed by atoms with van der Waals surface area (Å²) >= 11 is 0.994. The molecule has 0 saturated carbocycles. The van der Waals surface area contributed by atoms with Crippen molar-refractivity contribution in [3.05, 3.63) is 143 Å². The molecular weight excluding hydrogens is 633 g/mol. The molecule has 1 aliphatic heterocycles. The molecule has 5 aromatic rings. The third-order valence-electron chi connectivity index (χ3n) is 7.75. The predicted molar refractivity (Wildman–Crippen MR) is 181 cm³/mol. The molecule has 48 heavy (non-hydrogen) atoms. The number of halogens is 1. The first-order valence-corrected chi connectivity index (χ1v) is 16.1. The lowest BCUT2D eigenvalue weighted by molar-refractivity contribution is -0.114. The van der Waals surface area contributed by atoms with Crippen LogP contribution in [0.25, 0.3) is 22.3 Å². The minimum absolute atomic E-state index is 0.0212. The molecule has 1 amide bonds. The van der Waals surface area contributed by atoms with Crippen molar-refractivity contribution < 1.29 is 28.2 Å². The zero-order valence-electron chi connectivity index (χ0n) is 25.7. The molecule has 11 heteroatoms. The lowest BCUT2D eigenvalue weighted by Gasteiger charge is -2.21. The number of nitrogens with zero attached hydrogens (tertiary/aromatic N) is 2. The average Bonchev–Trinajstić information content (AvgIpc) is 3.41. The molecule has 242 valence electrons. The molecule has 1 aliphatic rings. The van der Waals surface area contributed by atoms with E-state index in [1.165, 1.54) is 19.2 Å². The summed E-state index contributed by atoms with van der Waals surface area (Å²) < 4.78 is 28.6. The Morgan fingerprint density at radius 3 is 1.81 bits per heavy atom. The Balaban J connectivity index is 1.20. The largest absolute Gasteiger partial charge is 0.461 e. The van der Waals surface area contributed by atoms with Gasteiger partial charge in [-0.05, 0) is 52.6 Å². The summed E-state index contributed by atoms with van der Waals surface area (Å²) in [6, 6.07) is 34.3. The van der Waals surface area contributed by atoms with E-state index >= 15 is 4.39 Å². The van der Waals surface area contributed by atoms with Gasteiger partial charge in [-0.25, -0.2) is 18.8 Å². The highest BCUT2D eigenvalue weighted by Gasteiger charge is 2.49. The number of ether oxygens (including phenoxy) is 2. The molecule has 6 rings (SSSR count). The van der Waals surface area contributed by atoms with E-state index in [0.29, 0.717) is 5.56 Å². The topological polar surface area (TPSA) is 117 Å². The van der Waals surface area contributed by atoms with Crippen LogP contribution in [0.5, 0.6) is 0 Å². The molecule has 4 aromatic carbocycles. The van der Waals surface area contributed by atoms with Crippen molar-refractivity contribution in [3.8, 4) is 22.3 Å². The second-order valence-electron chi connectivity index (χ2n) is 11.0. The first-order valence-electron chi connectivity index (χ1n) is 15.1. The Hall–Kier alpha value is -5.55. The predicted octanol–water partition coefficient (Wildman–Crippen LogP) is 6.57. The summed E-state index contributed by atoms with van der Waals surface area (Å²) in [5.74, 6) is -1.79. The maximum absolute atomic E-state index is 16.2. The van der Waals surface area contributed by atoms with Crippen molar-refractivity contribution in [2.45, 2.75) is 29.8 Å². The average molecular weight is 664 g/mol. The SMILES string of the molecule is CC(=O)Nc1ccn([C@@H]2S[C@H](COC(=O)c3ccc(-c4ccccc4)cc3)[C@@H](OC(=O)c3ccc(-c4ccccc4)cc3)[C@@H]2F)c(=O)n1. The molecule has 1 saturated heterocycles. The van der Waals surface area contributed by atoms with Gasteiger partial charge in [0.05, 0.1) is 16.4 Å². The lowest BCUT2D eigenvalue weighted by Crippen LogP contribution is -2.37. The van der Waals surface area contributed by atoms with Crippen LogP contribution in [0.4, 0.5) is 10.2 Å². The van der Waals surface area contributed by atoms with E-state index in [1.807, 2.05) is 72.8 Å². The van der Waals surface area contributed by atoms with Crippen LogP contribution in [0, 0.1) is 0 Å². The fourth-order valence-corrected chi connectivity index (χ4v) is 6.80. The molecule has 0 spiro atoms. The number of nitrogens with one attached hydrogen (secondary N) is 1. The highest BCUT2D eigenvalue weighted by Crippen LogP contribution is 2.45. The van der Waals surface area contributed by atoms with Crippen LogP contribution in [0.15, 0.2) is 126 Å².